The van der Waals surface area contributed by atoms with Gasteiger partial charge >= 0.3 is 0 Å². The van der Waals surface area contributed by atoms with Crippen LogP contribution < -0.4 is 4.90 Å². The number of benzene rings is 2. The molecule has 5 nitrogen and oxygen atoms in total. The van der Waals surface area contributed by atoms with Crippen molar-refractivity contribution in [3.63, 3.8) is 0 Å². The van der Waals surface area contributed by atoms with Gasteiger partial charge in [0.25, 0.3) is 5.91 Å². The Bertz CT molecular complexity index is 884. The van der Waals surface area contributed by atoms with E-state index in [1.807, 2.05) is 48.2 Å². The summed E-state index contributed by atoms with van der Waals surface area (Å²) < 4.78 is 26.5. The summed E-state index contributed by atoms with van der Waals surface area (Å²) in [5.41, 5.74) is 2.10. The Balaban J connectivity index is 1.65. The highest BCUT2D eigenvalue weighted by Gasteiger charge is 2.28. The Morgan fingerprint density at radius 3 is 2.21 bits per heavy atom. The van der Waals surface area contributed by atoms with Gasteiger partial charge in [0, 0.05) is 51.5 Å². The van der Waals surface area contributed by atoms with E-state index in [2.05, 4.69) is 6.07 Å². The number of hydrogen-bond donors (Lipinski definition) is 0. The topological polar surface area (TPSA) is 50.6 Å². The lowest BCUT2D eigenvalue weighted by molar-refractivity contribution is 0.0606. The molecule has 28 heavy (non-hydrogen) atoms. The number of carbonyl (C=O) groups is 1. The van der Waals surface area contributed by atoms with Crippen LogP contribution in [0.5, 0.6) is 0 Å². The van der Waals surface area contributed by atoms with Crippen LogP contribution in [0.25, 0.3) is 0 Å². The highest BCUT2D eigenvalue weighted by atomic mass is 19.2. The van der Waals surface area contributed by atoms with Crippen LogP contribution in [0, 0.1) is 23.0 Å². The largest absolute Gasteiger partial charge is 0.378 e. The van der Waals surface area contributed by atoms with E-state index in [-0.39, 0.29) is 11.5 Å². The van der Waals surface area contributed by atoms with Gasteiger partial charge in [-0.3, -0.25) is 9.69 Å². The fourth-order valence-corrected chi connectivity index (χ4v) is 3.32. The third-order valence-electron chi connectivity index (χ3n) is 4.98. The van der Waals surface area contributed by atoms with Gasteiger partial charge in [-0.15, -0.1) is 0 Å². The zero-order chi connectivity index (χ0) is 20.3. The van der Waals surface area contributed by atoms with Crippen LogP contribution in [0.4, 0.5) is 14.5 Å². The normalized spacial score (nSPS) is 15.8. The summed E-state index contributed by atoms with van der Waals surface area (Å²) in [7, 11) is 3.92. The second kappa shape index (κ2) is 8.36. The van der Waals surface area contributed by atoms with E-state index in [0.717, 1.165) is 23.4 Å². The van der Waals surface area contributed by atoms with Crippen LogP contribution in [-0.2, 0) is 0 Å². The molecule has 0 N–H and O–H groups in total. The molecular formula is C21H22F2N4O. The highest BCUT2D eigenvalue weighted by molar-refractivity contribution is 5.94. The zero-order valence-corrected chi connectivity index (χ0v) is 15.9. The van der Waals surface area contributed by atoms with Gasteiger partial charge in [-0.2, -0.15) is 5.26 Å². The Morgan fingerprint density at radius 2 is 1.68 bits per heavy atom. The lowest BCUT2D eigenvalue weighted by Gasteiger charge is -2.37. The van der Waals surface area contributed by atoms with Gasteiger partial charge in [0.15, 0.2) is 11.6 Å². The number of rotatable bonds is 4. The molecule has 1 amide bonds. The van der Waals surface area contributed by atoms with Gasteiger partial charge in [-0.25, -0.2) is 8.78 Å². The summed E-state index contributed by atoms with van der Waals surface area (Å²) >= 11 is 0. The number of halogens is 2. The van der Waals surface area contributed by atoms with Gasteiger partial charge in [0.05, 0.1) is 6.07 Å². The van der Waals surface area contributed by atoms with Crippen LogP contribution in [0.2, 0.25) is 0 Å². The van der Waals surface area contributed by atoms with Crippen molar-refractivity contribution in [1.29, 1.82) is 5.26 Å². The first-order chi connectivity index (χ1) is 13.4. The van der Waals surface area contributed by atoms with Crippen molar-refractivity contribution in [3.8, 4) is 6.07 Å². The van der Waals surface area contributed by atoms with Crippen LogP contribution in [0.1, 0.15) is 22.0 Å². The summed E-state index contributed by atoms with van der Waals surface area (Å²) in [5.74, 6) is -2.34. The molecule has 1 fully saturated rings. The lowest BCUT2D eigenvalue weighted by atomic mass is 10.0. The SMILES string of the molecule is CN(C)c1ccc(C(C#N)N2CCN(C(=O)c3ccc(F)c(F)c3)CC2)cc1. The molecule has 0 spiro atoms. The zero-order valence-electron chi connectivity index (χ0n) is 15.9. The molecule has 1 unspecified atom stereocenters. The monoisotopic (exact) mass is 384 g/mol. The molecule has 1 aliphatic heterocycles. The minimum Gasteiger partial charge on any atom is -0.378 e. The molecule has 2 aromatic rings. The van der Waals surface area contributed by atoms with Crippen molar-refractivity contribution in [2.75, 3.05) is 45.2 Å². The molecule has 0 aromatic heterocycles. The van der Waals surface area contributed by atoms with Crippen LogP contribution in [0.3, 0.4) is 0 Å². The van der Waals surface area contributed by atoms with E-state index < -0.39 is 17.7 Å². The Kier molecular flexibility index (Phi) is 5.90. The molecule has 7 heteroatoms. The van der Waals surface area contributed by atoms with E-state index in [0.29, 0.717) is 26.2 Å². The number of amides is 1. The van der Waals surface area contributed by atoms with Crippen molar-refractivity contribution >= 4 is 11.6 Å². The molecule has 2 aromatic carbocycles. The van der Waals surface area contributed by atoms with E-state index in [1.165, 1.54) is 6.07 Å². The summed E-state index contributed by atoms with van der Waals surface area (Å²) in [5, 5.41) is 9.66. The standard InChI is InChI=1S/C21H22F2N4O/c1-25(2)17-6-3-15(4-7-17)20(14-24)26-9-11-27(12-10-26)21(28)16-5-8-18(22)19(23)13-16/h3-8,13,20H,9-12H2,1-2H3. The second-order valence-corrected chi connectivity index (χ2v) is 6.97. The number of nitrogens with zero attached hydrogens (tertiary/aromatic N) is 4. The molecule has 3 rings (SSSR count). The maximum Gasteiger partial charge on any atom is 0.254 e. The second-order valence-electron chi connectivity index (χ2n) is 6.97. The first-order valence-electron chi connectivity index (χ1n) is 9.06. The Morgan fingerprint density at radius 1 is 1.04 bits per heavy atom. The van der Waals surface area contributed by atoms with Crippen molar-refractivity contribution in [2.24, 2.45) is 0 Å². The summed E-state index contributed by atoms with van der Waals surface area (Å²) in [6, 6.07) is 13.0. The molecule has 1 aliphatic rings. The number of carbonyl (C=O) groups excluding carboxylic acids is 1. The number of piperazine rings is 1. The van der Waals surface area contributed by atoms with Gasteiger partial charge in [0.2, 0.25) is 0 Å². The summed E-state index contributed by atoms with van der Waals surface area (Å²) in [4.78, 5) is 18.2. The molecule has 146 valence electrons. The van der Waals surface area contributed by atoms with Crippen molar-refractivity contribution in [2.45, 2.75) is 6.04 Å². The van der Waals surface area contributed by atoms with Crippen LogP contribution in [0.15, 0.2) is 42.5 Å². The highest BCUT2D eigenvalue weighted by Crippen LogP contribution is 2.24. The molecular weight excluding hydrogens is 362 g/mol. The summed E-state index contributed by atoms with van der Waals surface area (Å²) in [6.45, 7) is 1.91. The minimum atomic E-state index is -1.03. The first kappa shape index (κ1) is 19.8. The fraction of sp³-hybridized carbons (Fsp3) is 0.333. The van der Waals surface area contributed by atoms with E-state index >= 15 is 0 Å². The quantitative estimate of drug-likeness (QED) is 0.813. The van der Waals surface area contributed by atoms with E-state index in [1.54, 1.807) is 4.90 Å². The number of hydrogen-bond acceptors (Lipinski definition) is 4. The maximum absolute atomic E-state index is 13.4. The van der Waals surface area contributed by atoms with Gasteiger partial charge in [-0.1, -0.05) is 12.1 Å². The smallest absolute Gasteiger partial charge is 0.254 e. The van der Waals surface area contributed by atoms with E-state index in [9.17, 15) is 18.8 Å². The molecule has 0 bridgehead atoms. The fourth-order valence-electron chi connectivity index (χ4n) is 3.32. The Labute approximate surface area is 163 Å². The van der Waals surface area contributed by atoms with Crippen molar-refractivity contribution in [1.82, 2.24) is 9.80 Å². The number of nitriles is 1. The lowest BCUT2D eigenvalue weighted by Crippen LogP contribution is -2.49. The van der Waals surface area contributed by atoms with Gasteiger partial charge in [-0.05, 0) is 35.9 Å². The average Bonchev–Trinajstić information content (AvgIpc) is 2.71. The average molecular weight is 384 g/mol. The maximum atomic E-state index is 13.4. The minimum absolute atomic E-state index is 0.128. The predicted molar refractivity (Wildman–Crippen MR) is 103 cm³/mol. The third-order valence-corrected chi connectivity index (χ3v) is 4.98. The molecule has 1 atom stereocenters. The van der Waals surface area contributed by atoms with E-state index in [4.69, 9.17) is 0 Å². The van der Waals surface area contributed by atoms with Crippen LogP contribution in [-0.4, -0.2) is 56.0 Å². The predicted octanol–water partition coefficient (Wildman–Crippen LogP) is 3.05. The number of anilines is 1. The van der Waals surface area contributed by atoms with Gasteiger partial charge < -0.3 is 9.80 Å². The third kappa shape index (κ3) is 4.12. The molecule has 0 radical (unpaired) electrons. The van der Waals surface area contributed by atoms with Crippen LogP contribution >= 0.6 is 0 Å². The summed E-state index contributed by atoms with van der Waals surface area (Å²) in [6.07, 6.45) is 0. The molecule has 0 aliphatic carbocycles. The Hall–Kier alpha value is -2.98. The molecule has 0 saturated carbocycles. The first-order valence-corrected chi connectivity index (χ1v) is 9.06. The van der Waals surface area contributed by atoms with Gasteiger partial charge in [0.1, 0.15) is 6.04 Å². The molecule has 1 heterocycles. The van der Waals surface area contributed by atoms with Crippen molar-refractivity contribution in [3.05, 3.63) is 65.2 Å². The molecule has 1 saturated heterocycles. The van der Waals surface area contributed by atoms with Crippen molar-refractivity contribution < 1.29 is 13.6 Å².